The average molecular weight is 240 g/mol. The molecule has 0 aliphatic heterocycles. The third kappa shape index (κ3) is 3.84. The maximum atomic E-state index is 13.4. The molecule has 0 fully saturated rings. The van der Waals surface area contributed by atoms with Gasteiger partial charge in [0.2, 0.25) is 5.91 Å². The van der Waals surface area contributed by atoms with Gasteiger partial charge in [0.25, 0.3) is 5.91 Å². The molecule has 6 heteroatoms. The fourth-order valence-electron chi connectivity index (χ4n) is 1.17. The number of carbonyl (C=O) groups excluding carboxylic acids is 2. The number of rotatable bonds is 4. The summed E-state index contributed by atoms with van der Waals surface area (Å²) in [6, 6.07) is 3.71. The summed E-state index contributed by atoms with van der Waals surface area (Å²) in [7, 11) is 0. The highest BCUT2D eigenvalue weighted by Crippen LogP contribution is 2.14. The number of carbonyl (C=O) groups is 2. The van der Waals surface area contributed by atoms with E-state index in [4.69, 9.17) is 0 Å². The summed E-state index contributed by atoms with van der Waals surface area (Å²) in [5.74, 6) is -1.68. The van der Waals surface area contributed by atoms with E-state index in [1.807, 2.05) is 0 Å². The number of hydrogen-bond donors (Lipinski definition) is 2. The van der Waals surface area contributed by atoms with E-state index in [0.29, 0.717) is 5.69 Å². The van der Waals surface area contributed by atoms with E-state index in [2.05, 4.69) is 15.6 Å². The highest BCUT2D eigenvalue weighted by atomic mass is 19.1. The van der Waals surface area contributed by atoms with Crippen molar-refractivity contribution in [1.29, 1.82) is 0 Å². The lowest BCUT2D eigenvalue weighted by atomic mass is 10.2. The van der Waals surface area contributed by atoms with Gasteiger partial charge in [0.15, 0.2) is 0 Å². The molecule has 17 heavy (non-hydrogen) atoms. The first-order valence-corrected chi connectivity index (χ1v) is 5.04. The van der Waals surface area contributed by atoms with Crippen LogP contribution in [0.4, 0.5) is 10.1 Å². The van der Waals surface area contributed by atoms with Crippen molar-refractivity contribution in [2.75, 3.05) is 11.9 Å². The third-order valence-electron chi connectivity index (χ3n) is 1.84. The Morgan fingerprint density at radius 2 is 2.12 bits per heavy atom. The van der Waals surface area contributed by atoms with Gasteiger partial charge in [-0.05, 0) is 25.1 Å². The van der Waals surface area contributed by atoms with Gasteiger partial charge < -0.3 is 5.32 Å². The van der Waals surface area contributed by atoms with Crippen molar-refractivity contribution in [2.45, 2.75) is 13.8 Å². The van der Waals surface area contributed by atoms with Crippen molar-refractivity contribution in [3.05, 3.63) is 29.6 Å². The van der Waals surface area contributed by atoms with E-state index in [1.54, 1.807) is 6.92 Å². The van der Waals surface area contributed by atoms with Crippen LogP contribution in [0.15, 0.2) is 18.2 Å². The number of anilines is 1. The number of amides is 2. The molecule has 0 unspecified atom stereocenters. The molecule has 0 radical (unpaired) electrons. The van der Waals surface area contributed by atoms with Crippen LogP contribution < -0.4 is 10.8 Å². The zero-order chi connectivity index (χ0) is 12.8. The predicted octanol–water partition coefficient (Wildman–Crippen LogP) is 1.47. The maximum absolute atomic E-state index is 13.4. The van der Waals surface area contributed by atoms with E-state index in [0.717, 1.165) is 6.07 Å². The van der Waals surface area contributed by atoms with Crippen LogP contribution in [0.3, 0.4) is 0 Å². The summed E-state index contributed by atoms with van der Waals surface area (Å²) in [5, 5.41) is 2.46. The highest BCUT2D eigenvalue weighted by Gasteiger charge is 2.12. The Morgan fingerprint density at radius 1 is 1.41 bits per heavy atom. The van der Waals surface area contributed by atoms with Crippen LogP contribution in [-0.4, -0.2) is 18.4 Å². The summed E-state index contributed by atoms with van der Waals surface area (Å²) in [6.45, 7) is 3.28. The first kappa shape index (κ1) is 13.1. The molecule has 0 atom stereocenters. The Morgan fingerprint density at radius 3 is 2.71 bits per heavy atom. The van der Waals surface area contributed by atoms with Crippen molar-refractivity contribution in [2.24, 2.45) is 0 Å². The molecule has 1 aromatic carbocycles. The van der Waals surface area contributed by atoms with Gasteiger partial charge in [-0.2, -0.15) is 0 Å². The van der Waals surface area contributed by atoms with Crippen molar-refractivity contribution in [3.8, 4) is 0 Å². The molecule has 2 amide bonds. The van der Waals surface area contributed by atoms with Gasteiger partial charge >= 0.3 is 0 Å². The van der Waals surface area contributed by atoms with E-state index in [1.165, 1.54) is 19.1 Å². The first-order valence-electron chi connectivity index (χ1n) is 5.04. The number of hydroxylamine groups is 1. The van der Waals surface area contributed by atoms with E-state index >= 15 is 0 Å². The molecular formula is C11H13FN2O3. The van der Waals surface area contributed by atoms with Gasteiger partial charge in [-0.1, -0.05) is 0 Å². The smallest absolute Gasteiger partial charge is 0.277 e. The van der Waals surface area contributed by atoms with Gasteiger partial charge in [0.05, 0.1) is 12.2 Å². The van der Waals surface area contributed by atoms with Crippen molar-refractivity contribution in [1.82, 2.24) is 5.48 Å². The fraction of sp³-hybridized carbons (Fsp3) is 0.273. The normalized spacial score (nSPS) is 9.82. The fourth-order valence-corrected chi connectivity index (χ4v) is 1.17. The van der Waals surface area contributed by atoms with Gasteiger partial charge in [0, 0.05) is 12.6 Å². The standard InChI is InChI=1S/C11H13FN2O3/c1-3-17-14-11(16)9-6-8(13-7(2)15)4-5-10(9)12/h4-6H,3H2,1-2H3,(H,13,15)(H,14,16). The summed E-state index contributed by atoms with van der Waals surface area (Å²) in [6.07, 6.45) is 0. The minimum absolute atomic E-state index is 0.190. The maximum Gasteiger partial charge on any atom is 0.277 e. The molecular weight excluding hydrogens is 227 g/mol. The minimum atomic E-state index is -0.698. The molecule has 0 saturated carbocycles. The Labute approximate surface area is 97.9 Å². The van der Waals surface area contributed by atoms with Gasteiger partial charge in [-0.15, -0.1) is 0 Å². The predicted molar refractivity (Wildman–Crippen MR) is 59.8 cm³/mol. The molecule has 92 valence electrons. The zero-order valence-corrected chi connectivity index (χ0v) is 9.54. The summed E-state index contributed by atoms with van der Waals surface area (Å²) in [5.41, 5.74) is 2.24. The zero-order valence-electron chi connectivity index (χ0n) is 9.54. The average Bonchev–Trinajstić information content (AvgIpc) is 2.28. The molecule has 1 rings (SSSR count). The van der Waals surface area contributed by atoms with Gasteiger partial charge in [-0.3, -0.25) is 14.4 Å². The Balaban J connectivity index is 2.89. The largest absolute Gasteiger partial charge is 0.326 e. The van der Waals surface area contributed by atoms with Crippen molar-refractivity contribution >= 4 is 17.5 Å². The molecule has 0 aliphatic rings. The molecule has 5 nitrogen and oxygen atoms in total. The van der Waals surface area contributed by atoms with Crippen LogP contribution >= 0.6 is 0 Å². The quantitative estimate of drug-likeness (QED) is 0.783. The molecule has 0 heterocycles. The molecule has 2 N–H and O–H groups in total. The van der Waals surface area contributed by atoms with Crippen LogP contribution in [0.25, 0.3) is 0 Å². The van der Waals surface area contributed by atoms with Crippen LogP contribution in [0.1, 0.15) is 24.2 Å². The third-order valence-corrected chi connectivity index (χ3v) is 1.84. The van der Waals surface area contributed by atoms with E-state index in [9.17, 15) is 14.0 Å². The molecule has 0 bridgehead atoms. The summed E-state index contributed by atoms with van der Waals surface area (Å²) in [4.78, 5) is 27.0. The second kappa shape index (κ2) is 5.95. The lowest BCUT2D eigenvalue weighted by Gasteiger charge is -2.07. The molecule has 0 aliphatic carbocycles. The summed E-state index contributed by atoms with van der Waals surface area (Å²) >= 11 is 0. The lowest BCUT2D eigenvalue weighted by molar-refractivity contribution is -0.114. The van der Waals surface area contributed by atoms with Crippen LogP contribution in [0.5, 0.6) is 0 Å². The topological polar surface area (TPSA) is 67.4 Å². The second-order valence-corrected chi connectivity index (χ2v) is 3.24. The second-order valence-electron chi connectivity index (χ2n) is 3.24. The number of hydrogen-bond acceptors (Lipinski definition) is 3. The Kier molecular flexibility index (Phi) is 4.59. The van der Waals surface area contributed by atoms with E-state index in [-0.39, 0.29) is 18.1 Å². The monoisotopic (exact) mass is 240 g/mol. The molecule has 0 spiro atoms. The van der Waals surface area contributed by atoms with E-state index < -0.39 is 11.7 Å². The van der Waals surface area contributed by atoms with Crippen LogP contribution in [-0.2, 0) is 9.63 Å². The molecule has 0 aromatic heterocycles. The Hall–Kier alpha value is -1.95. The number of halogens is 1. The van der Waals surface area contributed by atoms with Crippen LogP contribution in [0, 0.1) is 5.82 Å². The minimum Gasteiger partial charge on any atom is -0.326 e. The first-order chi connectivity index (χ1) is 8.04. The lowest BCUT2D eigenvalue weighted by Crippen LogP contribution is -2.24. The number of benzene rings is 1. The molecule has 0 saturated heterocycles. The van der Waals surface area contributed by atoms with Crippen LogP contribution in [0.2, 0.25) is 0 Å². The Bertz CT molecular complexity index is 435. The highest BCUT2D eigenvalue weighted by molar-refractivity contribution is 5.96. The van der Waals surface area contributed by atoms with Gasteiger partial charge in [0.1, 0.15) is 5.82 Å². The summed E-state index contributed by atoms with van der Waals surface area (Å²) < 4.78 is 13.4. The van der Waals surface area contributed by atoms with Crippen molar-refractivity contribution < 1.29 is 18.8 Å². The van der Waals surface area contributed by atoms with Crippen molar-refractivity contribution in [3.63, 3.8) is 0 Å². The SMILES string of the molecule is CCONC(=O)c1cc(NC(C)=O)ccc1F. The number of nitrogens with one attached hydrogen (secondary N) is 2. The molecule has 1 aromatic rings. The van der Waals surface area contributed by atoms with Gasteiger partial charge in [-0.25, -0.2) is 9.87 Å².